The van der Waals surface area contributed by atoms with E-state index >= 15 is 0 Å². The van der Waals surface area contributed by atoms with Crippen molar-refractivity contribution in [2.45, 2.75) is 0 Å². The van der Waals surface area contributed by atoms with E-state index in [1.54, 1.807) is 70.9 Å². The van der Waals surface area contributed by atoms with Crippen molar-refractivity contribution >= 4 is 67.3 Å². The van der Waals surface area contributed by atoms with Crippen LogP contribution in [0.3, 0.4) is 0 Å². The van der Waals surface area contributed by atoms with E-state index in [2.05, 4.69) is 109 Å². The van der Waals surface area contributed by atoms with E-state index in [-0.39, 0.29) is 5.28 Å². The molecule has 0 radical (unpaired) electrons. The number of hydrogen-bond donors (Lipinski definition) is 3. The SMILES string of the molecule is Brc1ccc2oc(-c3cccnc3)nc2c1.C1CNCCN1.COc1cnc(Cl)nc1.COc1cnc(N2CCN(c3ccc4oc(-c5cccnc5)nc4c3)CC2)nc1.COc1cnc(N2CCNCC2)nc1. The molecule has 0 saturated carbocycles. The molecule has 0 unspecified atom stereocenters. The lowest BCUT2D eigenvalue weighted by Crippen LogP contribution is -2.47. The van der Waals surface area contributed by atoms with Crippen molar-refractivity contribution in [1.29, 1.82) is 0 Å². The number of ether oxygens (including phenoxy) is 3. The van der Waals surface area contributed by atoms with Gasteiger partial charge in [-0.05, 0) is 72.3 Å². The Morgan fingerprint density at radius 1 is 0.500 bits per heavy atom. The van der Waals surface area contributed by atoms with Crippen molar-refractivity contribution in [3.05, 3.63) is 132 Å². The molecule has 2 aromatic carbocycles. The van der Waals surface area contributed by atoms with Crippen LogP contribution in [-0.2, 0) is 0 Å². The number of fused-ring (bicyclic) bond motifs is 2. The van der Waals surface area contributed by atoms with Crippen LogP contribution in [0.2, 0.25) is 5.28 Å². The van der Waals surface area contributed by atoms with Crippen LogP contribution in [-0.4, -0.2) is 150 Å². The van der Waals surface area contributed by atoms with Crippen molar-refractivity contribution in [2.24, 2.45) is 0 Å². The number of benzene rings is 2. The van der Waals surface area contributed by atoms with Gasteiger partial charge in [0.1, 0.15) is 11.0 Å². The Hall–Kier alpha value is -7.63. The number of oxazole rings is 2. The van der Waals surface area contributed by atoms with E-state index in [9.17, 15) is 0 Å². The molecule has 3 aliphatic rings. The summed E-state index contributed by atoms with van der Waals surface area (Å²) < 4.78 is 27.4. The lowest BCUT2D eigenvalue weighted by molar-refractivity contribution is 0.410. The van der Waals surface area contributed by atoms with E-state index < -0.39 is 0 Å². The minimum absolute atomic E-state index is 0.232. The molecule has 0 spiro atoms. The first-order valence-corrected chi connectivity index (χ1v) is 24.9. The van der Waals surface area contributed by atoms with Crippen LogP contribution in [0.5, 0.6) is 17.2 Å². The Labute approximate surface area is 441 Å². The number of nitrogens with zero attached hydrogens (tertiary/aromatic N) is 13. The average molecular weight is 1090 g/mol. The number of methoxy groups -OCH3 is 3. The third kappa shape index (κ3) is 15.2. The highest BCUT2D eigenvalue weighted by Crippen LogP contribution is 2.29. The summed E-state index contributed by atoms with van der Waals surface area (Å²) in [5.74, 6) is 4.68. The largest absolute Gasteiger partial charge is 0.494 e. The van der Waals surface area contributed by atoms with Crippen molar-refractivity contribution < 1.29 is 23.0 Å². The highest BCUT2D eigenvalue weighted by molar-refractivity contribution is 9.10. The molecule has 3 N–H and O–H groups in total. The molecule has 12 rings (SSSR count). The van der Waals surface area contributed by atoms with Gasteiger partial charge in [-0.3, -0.25) is 9.97 Å². The maximum absolute atomic E-state index is 5.89. The first-order valence-electron chi connectivity index (χ1n) is 23.7. The Kier molecular flexibility index (Phi) is 19.5. The van der Waals surface area contributed by atoms with E-state index in [0.717, 1.165) is 134 Å². The molecular formula is C51H56BrClN16O5. The van der Waals surface area contributed by atoms with Crippen LogP contribution in [0, 0.1) is 0 Å². The maximum Gasteiger partial charge on any atom is 0.228 e. The minimum atomic E-state index is 0.232. The van der Waals surface area contributed by atoms with Crippen LogP contribution >= 0.6 is 27.5 Å². The summed E-state index contributed by atoms with van der Waals surface area (Å²) in [6.45, 7) is 11.9. The average Bonchev–Trinajstić information content (AvgIpc) is 4.12. The summed E-state index contributed by atoms with van der Waals surface area (Å²) in [6, 6.07) is 19.5. The zero-order valence-corrected chi connectivity index (χ0v) is 43.5. The molecule has 3 aliphatic heterocycles. The second-order valence-corrected chi connectivity index (χ2v) is 17.5. The Morgan fingerprint density at radius 3 is 1.39 bits per heavy atom. The Morgan fingerprint density at radius 2 is 0.932 bits per heavy atom. The minimum Gasteiger partial charge on any atom is -0.494 e. The third-order valence-electron chi connectivity index (χ3n) is 11.4. The molecule has 9 aromatic rings. The quantitative estimate of drug-likeness (QED) is 0.132. The monoisotopic (exact) mass is 1090 g/mol. The summed E-state index contributed by atoms with van der Waals surface area (Å²) in [4.78, 5) is 48.5. The number of anilines is 3. The molecule has 10 heterocycles. The topological polar surface area (TPSA) is 229 Å². The number of rotatable bonds is 8. The maximum atomic E-state index is 5.89. The molecule has 3 saturated heterocycles. The van der Waals surface area contributed by atoms with Crippen LogP contribution in [0.1, 0.15) is 0 Å². The van der Waals surface area contributed by atoms with Gasteiger partial charge < -0.3 is 53.7 Å². The Balaban J connectivity index is 0.000000137. The molecule has 23 heteroatoms. The van der Waals surface area contributed by atoms with Gasteiger partial charge in [0.25, 0.3) is 0 Å². The van der Waals surface area contributed by atoms with Gasteiger partial charge in [0.05, 0.1) is 69.6 Å². The first-order chi connectivity index (χ1) is 36.3. The van der Waals surface area contributed by atoms with E-state index in [4.69, 9.17) is 34.6 Å². The van der Waals surface area contributed by atoms with Crippen LogP contribution in [0.15, 0.2) is 136 Å². The molecule has 3 fully saturated rings. The number of halogens is 2. The van der Waals surface area contributed by atoms with Crippen LogP contribution in [0.4, 0.5) is 17.6 Å². The van der Waals surface area contributed by atoms with Gasteiger partial charge in [0, 0.05) is 113 Å². The molecule has 0 amide bonds. The molecular weight excluding hydrogens is 1030 g/mol. The fraction of sp³-hybridized carbons (Fsp3) is 0.294. The Bertz CT molecular complexity index is 3040. The third-order valence-corrected chi connectivity index (χ3v) is 12.0. The lowest BCUT2D eigenvalue weighted by atomic mass is 10.2. The molecule has 0 aliphatic carbocycles. The second kappa shape index (κ2) is 27.4. The summed E-state index contributed by atoms with van der Waals surface area (Å²) >= 11 is 8.79. The summed E-state index contributed by atoms with van der Waals surface area (Å²) in [7, 11) is 4.78. The van der Waals surface area contributed by atoms with Crippen molar-refractivity contribution in [2.75, 3.05) is 115 Å². The summed E-state index contributed by atoms with van der Waals surface area (Å²) in [6.07, 6.45) is 16.8. The van der Waals surface area contributed by atoms with Crippen LogP contribution in [0.25, 0.3) is 45.1 Å². The van der Waals surface area contributed by atoms with Crippen LogP contribution < -0.4 is 44.9 Å². The number of piperazine rings is 3. The van der Waals surface area contributed by atoms with Gasteiger partial charge in [-0.2, -0.15) is 0 Å². The highest BCUT2D eigenvalue weighted by atomic mass is 79.9. The highest BCUT2D eigenvalue weighted by Gasteiger charge is 2.21. The molecule has 384 valence electrons. The van der Waals surface area contributed by atoms with Gasteiger partial charge in [-0.25, -0.2) is 39.9 Å². The molecule has 0 bridgehead atoms. The first kappa shape index (κ1) is 52.7. The molecule has 74 heavy (non-hydrogen) atoms. The number of aromatic nitrogens is 10. The predicted octanol–water partition coefficient (Wildman–Crippen LogP) is 6.88. The standard InChI is InChI=1S/C21H20N6O2.C12H7BrN2O.C9H14N4O.C5H5ClN2O.C4H10N2/c1-28-17-13-23-21(24-14-17)27-9-7-26(8-10-27)16-4-5-19-18(11-16)25-20(29-19)15-3-2-6-22-12-15;13-9-3-4-11-10(6-9)15-12(16-11)8-2-1-5-14-7-8;1-14-8-6-11-9(12-7-8)13-4-2-10-3-5-13;1-9-4-2-7-5(6)8-3-4;1-2-6-4-3-5-1/h2-6,11-14H,7-10H2,1H3;1-7H;6-7,10H,2-5H2,1H3;2-3H,1H3;5-6H,1-4H2. The summed E-state index contributed by atoms with van der Waals surface area (Å²) in [5, 5.41) is 9.96. The fourth-order valence-electron chi connectivity index (χ4n) is 7.43. The smallest absolute Gasteiger partial charge is 0.228 e. The molecule has 21 nitrogen and oxygen atoms in total. The van der Waals surface area contributed by atoms with Crippen molar-refractivity contribution in [3.8, 4) is 40.2 Å². The molecule has 7 aromatic heterocycles. The van der Waals surface area contributed by atoms with Gasteiger partial charge in [-0.1, -0.05) is 15.9 Å². The number of pyridine rings is 2. The fourth-order valence-corrected chi connectivity index (χ4v) is 7.88. The van der Waals surface area contributed by atoms with Gasteiger partial charge in [-0.15, -0.1) is 0 Å². The normalized spacial score (nSPS) is 14.2. The number of nitrogens with one attached hydrogen (secondary N) is 3. The zero-order valence-electron chi connectivity index (χ0n) is 41.1. The van der Waals surface area contributed by atoms with E-state index in [1.807, 2.05) is 48.5 Å². The van der Waals surface area contributed by atoms with E-state index in [0.29, 0.717) is 29.0 Å². The zero-order chi connectivity index (χ0) is 51.3. The van der Waals surface area contributed by atoms with Gasteiger partial charge in [0.15, 0.2) is 28.4 Å². The number of hydrogen-bond acceptors (Lipinski definition) is 21. The molecule has 0 atom stereocenters. The van der Waals surface area contributed by atoms with Gasteiger partial charge >= 0.3 is 0 Å². The van der Waals surface area contributed by atoms with Gasteiger partial charge in [0.2, 0.25) is 29.0 Å². The van der Waals surface area contributed by atoms with Crippen molar-refractivity contribution in [1.82, 2.24) is 65.8 Å². The van der Waals surface area contributed by atoms with Crippen molar-refractivity contribution in [3.63, 3.8) is 0 Å². The second-order valence-electron chi connectivity index (χ2n) is 16.2. The lowest BCUT2D eigenvalue weighted by Gasteiger charge is -2.36. The predicted molar refractivity (Wildman–Crippen MR) is 288 cm³/mol. The summed E-state index contributed by atoms with van der Waals surface area (Å²) in [5.41, 5.74) is 6.14. The van der Waals surface area contributed by atoms with E-state index in [1.165, 1.54) is 12.4 Å².